The third-order valence-electron chi connectivity index (χ3n) is 7.28. The maximum atomic E-state index is 6.37. The maximum Gasteiger partial charge on any atom is 0.260 e. The lowest BCUT2D eigenvalue weighted by atomic mass is 9.47. The number of methoxy groups -OCH3 is 3. The van der Waals surface area contributed by atoms with Crippen molar-refractivity contribution in [3.63, 3.8) is 0 Å². The summed E-state index contributed by atoms with van der Waals surface area (Å²) in [6.07, 6.45) is 6.17. The summed E-state index contributed by atoms with van der Waals surface area (Å²) >= 11 is 6.37. The Labute approximate surface area is 158 Å². The minimum atomic E-state index is -0.944. The van der Waals surface area contributed by atoms with Crippen molar-refractivity contribution in [3.8, 4) is 11.5 Å². The Hall–Kier alpha value is -1.01. The van der Waals surface area contributed by atoms with E-state index in [2.05, 4.69) is 0 Å². The Morgan fingerprint density at radius 2 is 1.42 bits per heavy atom. The smallest absolute Gasteiger partial charge is 0.260 e. The molecule has 5 fully saturated rings. The zero-order chi connectivity index (χ0) is 18.1. The first kappa shape index (κ1) is 17.1. The van der Waals surface area contributed by atoms with Crippen molar-refractivity contribution in [2.75, 3.05) is 21.3 Å². The quantitative estimate of drug-likeness (QED) is 0.728. The van der Waals surface area contributed by atoms with Crippen LogP contribution in [0.3, 0.4) is 0 Å². The molecule has 0 amide bonds. The summed E-state index contributed by atoms with van der Waals surface area (Å²) in [6.45, 7) is 0. The van der Waals surface area contributed by atoms with Gasteiger partial charge in [0.15, 0.2) is 5.60 Å². The molecule has 0 N–H and O–H groups in total. The van der Waals surface area contributed by atoms with E-state index >= 15 is 0 Å². The predicted octanol–water partition coefficient (Wildman–Crippen LogP) is 4.31. The molecule has 1 aromatic carbocycles. The van der Waals surface area contributed by atoms with Crippen molar-refractivity contribution >= 4 is 11.6 Å². The SMILES string of the molecule is COc1cc(C2(OC)OOC23C2CC4CC(C2)CC3C4)cc(OC)c1Cl. The molecule has 0 radical (unpaired) electrons. The third-order valence-corrected chi connectivity index (χ3v) is 7.65. The van der Waals surface area contributed by atoms with Crippen LogP contribution >= 0.6 is 11.6 Å². The van der Waals surface area contributed by atoms with Crippen molar-refractivity contribution in [1.82, 2.24) is 0 Å². The highest BCUT2D eigenvalue weighted by Crippen LogP contribution is 2.69. The van der Waals surface area contributed by atoms with Crippen LogP contribution in [0.25, 0.3) is 0 Å². The van der Waals surface area contributed by atoms with Crippen LogP contribution < -0.4 is 9.47 Å². The first-order valence-corrected chi connectivity index (χ1v) is 9.79. The zero-order valence-electron chi connectivity index (χ0n) is 15.4. The van der Waals surface area contributed by atoms with Gasteiger partial charge in [0.1, 0.15) is 16.5 Å². The number of rotatable bonds is 4. The third kappa shape index (κ3) is 1.93. The fourth-order valence-corrected chi connectivity index (χ4v) is 6.68. The Morgan fingerprint density at radius 3 is 1.81 bits per heavy atom. The van der Waals surface area contributed by atoms with Crippen LogP contribution in [-0.2, 0) is 20.3 Å². The summed E-state index contributed by atoms with van der Waals surface area (Å²) < 4.78 is 17.0. The molecular formula is C20H25ClO5. The van der Waals surface area contributed by atoms with Gasteiger partial charge in [-0.1, -0.05) is 11.6 Å². The summed E-state index contributed by atoms with van der Waals surface area (Å²) in [5, 5.41) is 0.448. The molecule has 6 heteroatoms. The van der Waals surface area contributed by atoms with Gasteiger partial charge >= 0.3 is 0 Å². The standard InChI is InChI=1S/C20H25ClO5/c1-22-16-9-15(10-17(23-2)18(16)21)20(24-3)19(25-26-20)13-5-11-4-12(7-13)8-14(19)6-11/h9-14H,4-8H2,1-3H3. The van der Waals surface area contributed by atoms with Crippen LogP contribution in [0.4, 0.5) is 0 Å². The largest absolute Gasteiger partial charge is 0.495 e. The molecule has 4 bridgehead atoms. The number of hydrogen-bond acceptors (Lipinski definition) is 5. The lowest BCUT2D eigenvalue weighted by Gasteiger charge is -2.68. The molecule has 5 nitrogen and oxygen atoms in total. The van der Waals surface area contributed by atoms with E-state index in [0.29, 0.717) is 28.4 Å². The van der Waals surface area contributed by atoms with Gasteiger partial charge in [0, 0.05) is 12.7 Å². The van der Waals surface area contributed by atoms with Crippen LogP contribution in [0.15, 0.2) is 12.1 Å². The lowest BCUT2D eigenvalue weighted by molar-refractivity contribution is -0.645. The molecule has 4 saturated carbocycles. The molecule has 26 heavy (non-hydrogen) atoms. The highest BCUT2D eigenvalue weighted by molar-refractivity contribution is 6.33. The van der Waals surface area contributed by atoms with Gasteiger partial charge in [-0.3, -0.25) is 0 Å². The summed E-state index contributed by atoms with van der Waals surface area (Å²) in [6, 6.07) is 3.79. The first-order valence-electron chi connectivity index (χ1n) is 9.42. The molecule has 1 saturated heterocycles. The second kappa shape index (κ2) is 5.74. The average Bonchev–Trinajstić information content (AvgIpc) is 2.62. The molecule has 1 aromatic rings. The molecule has 1 spiro atoms. The van der Waals surface area contributed by atoms with Crippen LogP contribution in [0.1, 0.15) is 37.7 Å². The predicted molar refractivity (Wildman–Crippen MR) is 95.2 cm³/mol. The molecule has 0 aromatic heterocycles. The molecule has 142 valence electrons. The number of benzene rings is 1. The van der Waals surface area contributed by atoms with Gasteiger partial charge in [0.2, 0.25) is 0 Å². The number of ether oxygens (including phenoxy) is 3. The van der Waals surface area contributed by atoms with Crippen LogP contribution in [0.5, 0.6) is 11.5 Å². The number of halogens is 1. The molecule has 6 rings (SSSR count). The normalized spacial score (nSPS) is 42.8. The van der Waals surface area contributed by atoms with Gasteiger partial charge < -0.3 is 14.2 Å². The lowest BCUT2D eigenvalue weighted by Crippen LogP contribution is -2.76. The van der Waals surface area contributed by atoms with Gasteiger partial charge in [-0.2, -0.15) is 4.89 Å². The molecule has 4 aliphatic carbocycles. The van der Waals surface area contributed by atoms with Crippen LogP contribution in [0, 0.1) is 23.7 Å². The van der Waals surface area contributed by atoms with Gasteiger partial charge in [-0.15, -0.1) is 0 Å². The monoisotopic (exact) mass is 380 g/mol. The first-order chi connectivity index (χ1) is 12.6. The fourth-order valence-electron chi connectivity index (χ4n) is 6.42. The molecule has 1 atom stereocenters. The van der Waals surface area contributed by atoms with E-state index in [1.54, 1.807) is 21.3 Å². The van der Waals surface area contributed by atoms with Gasteiger partial charge in [-0.25, -0.2) is 4.89 Å². The van der Waals surface area contributed by atoms with E-state index < -0.39 is 11.4 Å². The molecular weight excluding hydrogens is 356 g/mol. The van der Waals surface area contributed by atoms with E-state index in [9.17, 15) is 0 Å². The summed E-state index contributed by atoms with van der Waals surface area (Å²) in [5.41, 5.74) is 0.413. The van der Waals surface area contributed by atoms with E-state index in [4.69, 9.17) is 35.6 Å². The van der Waals surface area contributed by atoms with Crippen molar-refractivity contribution in [1.29, 1.82) is 0 Å². The Balaban J connectivity index is 1.63. The van der Waals surface area contributed by atoms with Crippen molar-refractivity contribution in [2.45, 2.75) is 43.5 Å². The second-order valence-corrected chi connectivity index (χ2v) is 8.66. The summed E-state index contributed by atoms with van der Waals surface area (Å²) in [4.78, 5) is 11.8. The van der Waals surface area contributed by atoms with Crippen molar-refractivity contribution in [2.24, 2.45) is 23.7 Å². The Morgan fingerprint density at radius 1 is 0.885 bits per heavy atom. The molecule has 1 heterocycles. The van der Waals surface area contributed by atoms with Gasteiger partial charge in [0.05, 0.1) is 14.2 Å². The summed E-state index contributed by atoms with van der Waals surface area (Å²) in [5.74, 6) is 2.73. The second-order valence-electron chi connectivity index (χ2n) is 8.28. The van der Waals surface area contributed by atoms with Crippen molar-refractivity contribution in [3.05, 3.63) is 22.7 Å². The highest BCUT2D eigenvalue weighted by Gasteiger charge is 2.76. The molecule has 1 aliphatic heterocycles. The minimum Gasteiger partial charge on any atom is -0.495 e. The number of hydrogen-bond donors (Lipinski definition) is 0. The fraction of sp³-hybridized carbons (Fsp3) is 0.700. The molecule has 1 unspecified atom stereocenters. The topological polar surface area (TPSA) is 46.2 Å². The van der Waals surface area contributed by atoms with E-state index in [-0.39, 0.29) is 0 Å². The van der Waals surface area contributed by atoms with E-state index in [1.807, 2.05) is 12.1 Å². The maximum absolute atomic E-state index is 6.37. The van der Waals surface area contributed by atoms with Gasteiger partial charge in [0.25, 0.3) is 5.79 Å². The Bertz CT molecular complexity index is 678. The average molecular weight is 381 g/mol. The van der Waals surface area contributed by atoms with Crippen LogP contribution in [0.2, 0.25) is 5.02 Å². The zero-order valence-corrected chi connectivity index (χ0v) is 16.2. The van der Waals surface area contributed by atoms with E-state index in [0.717, 1.165) is 17.4 Å². The van der Waals surface area contributed by atoms with Gasteiger partial charge in [-0.05, 0) is 67.9 Å². The van der Waals surface area contributed by atoms with E-state index in [1.165, 1.54) is 32.1 Å². The molecule has 5 aliphatic rings. The Kier molecular flexibility index (Phi) is 3.78. The van der Waals surface area contributed by atoms with Crippen molar-refractivity contribution < 1.29 is 24.0 Å². The minimum absolute atomic E-state index is 0.432. The highest BCUT2D eigenvalue weighted by atomic mass is 35.5. The summed E-state index contributed by atoms with van der Waals surface area (Å²) in [7, 11) is 4.89. The van der Waals surface area contributed by atoms with Crippen LogP contribution in [-0.4, -0.2) is 26.9 Å².